The van der Waals surface area contributed by atoms with Crippen LogP contribution in [0.5, 0.6) is 5.75 Å². The summed E-state index contributed by atoms with van der Waals surface area (Å²) in [6, 6.07) is 5.86. The Balaban J connectivity index is 1.42. The number of halogens is 3. The summed E-state index contributed by atoms with van der Waals surface area (Å²) in [5.41, 5.74) is 5.52. The van der Waals surface area contributed by atoms with Crippen molar-refractivity contribution in [1.82, 2.24) is 19.4 Å². The van der Waals surface area contributed by atoms with Gasteiger partial charge in [0.05, 0.1) is 24.4 Å². The molecule has 3 unspecified atom stereocenters. The van der Waals surface area contributed by atoms with Gasteiger partial charge in [0, 0.05) is 35.3 Å². The van der Waals surface area contributed by atoms with Crippen molar-refractivity contribution in [2.75, 3.05) is 17.7 Å². The van der Waals surface area contributed by atoms with E-state index >= 15 is 0 Å². The lowest BCUT2D eigenvalue weighted by molar-refractivity contribution is -0.166. The van der Waals surface area contributed by atoms with Crippen molar-refractivity contribution in [2.45, 2.75) is 38.1 Å². The number of carboxylic acids is 1. The number of nitrogen functional groups attached to an aromatic ring is 1. The van der Waals surface area contributed by atoms with Crippen molar-refractivity contribution < 1.29 is 42.8 Å². The first-order chi connectivity index (χ1) is 20.9. The number of carbonyl (C=O) groups excluding carboxylic acids is 1. The van der Waals surface area contributed by atoms with Gasteiger partial charge in [0.15, 0.2) is 0 Å². The van der Waals surface area contributed by atoms with Gasteiger partial charge in [-0.05, 0) is 55.7 Å². The number of amides is 1. The molecule has 4 aromatic rings. The van der Waals surface area contributed by atoms with Crippen LogP contribution in [0.1, 0.15) is 41.5 Å². The van der Waals surface area contributed by atoms with Gasteiger partial charge in [-0.15, -0.1) is 0 Å². The molecule has 12 nitrogen and oxygen atoms in total. The molecule has 3 atom stereocenters. The van der Waals surface area contributed by atoms with Crippen LogP contribution >= 0.6 is 0 Å². The summed E-state index contributed by atoms with van der Waals surface area (Å²) in [5, 5.41) is 33.8. The average molecular weight is 611 g/mol. The van der Waals surface area contributed by atoms with E-state index in [0.29, 0.717) is 16.7 Å². The number of aliphatic carboxylic acids is 1. The second kappa shape index (κ2) is 10.3. The Bertz CT molecular complexity index is 1870. The normalized spacial score (nSPS) is 21.2. The van der Waals surface area contributed by atoms with Gasteiger partial charge in [0.25, 0.3) is 5.91 Å². The lowest BCUT2D eigenvalue weighted by Crippen LogP contribution is -2.58. The van der Waals surface area contributed by atoms with Crippen LogP contribution < -0.4 is 15.8 Å². The summed E-state index contributed by atoms with van der Waals surface area (Å²) in [6.07, 6.45) is -3.37. The molecule has 1 amide bonds. The molecule has 1 saturated carbocycles. The van der Waals surface area contributed by atoms with Gasteiger partial charge >= 0.3 is 12.1 Å². The number of nitrogens with zero attached hydrogens (tertiary/aromatic N) is 4. The van der Waals surface area contributed by atoms with Gasteiger partial charge in [-0.2, -0.15) is 13.2 Å². The highest BCUT2D eigenvalue weighted by Crippen LogP contribution is 2.57. The Morgan fingerprint density at radius 2 is 1.95 bits per heavy atom. The van der Waals surface area contributed by atoms with Gasteiger partial charge < -0.3 is 31.1 Å². The summed E-state index contributed by atoms with van der Waals surface area (Å²) in [7, 11) is 0. The minimum Gasteiger partial charge on any atom is -0.493 e. The van der Waals surface area contributed by atoms with E-state index in [1.54, 1.807) is 17.5 Å². The maximum absolute atomic E-state index is 13.1. The summed E-state index contributed by atoms with van der Waals surface area (Å²) in [5.74, 6) is -1.72. The molecule has 1 aromatic carbocycles. The van der Waals surface area contributed by atoms with E-state index in [4.69, 9.17) is 15.5 Å². The molecule has 44 heavy (non-hydrogen) atoms. The third kappa shape index (κ3) is 4.51. The molecule has 1 fully saturated rings. The highest BCUT2D eigenvalue weighted by molar-refractivity contribution is 6.05. The monoisotopic (exact) mass is 610 g/mol. The van der Waals surface area contributed by atoms with E-state index in [0.717, 1.165) is 18.3 Å². The van der Waals surface area contributed by atoms with Crippen molar-refractivity contribution >= 4 is 34.6 Å². The van der Waals surface area contributed by atoms with E-state index in [-0.39, 0.29) is 59.5 Å². The van der Waals surface area contributed by atoms with Crippen molar-refractivity contribution in [3.63, 3.8) is 0 Å². The highest BCUT2D eigenvalue weighted by atomic mass is 19.4. The zero-order chi connectivity index (χ0) is 31.6. The lowest BCUT2D eigenvalue weighted by Gasteiger charge is -2.51. The number of alkyl halides is 3. The number of nitrogens with two attached hydrogens (primary N) is 1. The Kier molecular flexibility index (Phi) is 6.81. The number of pyridine rings is 1. The molecule has 3 aromatic heterocycles. The molecule has 0 spiro atoms. The van der Waals surface area contributed by atoms with E-state index < -0.39 is 41.2 Å². The second-order valence-electron chi connectivity index (χ2n) is 10.5. The van der Waals surface area contributed by atoms with Crippen molar-refractivity contribution in [3.05, 3.63) is 71.4 Å². The highest BCUT2D eigenvalue weighted by Gasteiger charge is 2.61. The van der Waals surface area contributed by atoms with Crippen LogP contribution in [0.4, 0.5) is 24.8 Å². The third-order valence-electron chi connectivity index (χ3n) is 7.97. The van der Waals surface area contributed by atoms with Crippen molar-refractivity contribution in [1.29, 1.82) is 0 Å². The largest absolute Gasteiger partial charge is 0.493 e. The smallest absolute Gasteiger partial charge is 0.416 e. The quantitative estimate of drug-likeness (QED) is 0.208. The number of imidazole rings is 1. The first kappa shape index (κ1) is 29.1. The minimum absolute atomic E-state index is 0.0510. The number of benzene rings is 1. The molecule has 7 rings (SSSR count). The number of rotatable bonds is 7. The average Bonchev–Trinajstić information content (AvgIpc) is 3.36. The lowest BCUT2D eigenvalue weighted by atomic mass is 9.54. The predicted octanol–water partition coefficient (Wildman–Crippen LogP) is 3.40. The molecule has 0 radical (unpaired) electrons. The molecule has 3 aliphatic carbocycles. The van der Waals surface area contributed by atoms with Crippen LogP contribution in [0.25, 0.3) is 22.3 Å². The zero-order valence-electron chi connectivity index (χ0n) is 23.0. The number of hydrogen-bond acceptors (Lipinski definition) is 9. The molecule has 6 N–H and O–H groups in total. The minimum atomic E-state index is -4.62. The maximum Gasteiger partial charge on any atom is 0.416 e. The number of carbonyl (C=O) groups is 2. The van der Waals surface area contributed by atoms with Crippen LogP contribution in [0.2, 0.25) is 0 Å². The molecule has 0 saturated heterocycles. The van der Waals surface area contributed by atoms with Crippen LogP contribution in [0.15, 0.2) is 54.5 Å². The van der Waals surface area contributed by atoms with E-state index in [9.17, 15) is 38.1 Å². The number of nitrogens with one attached hydrogen (secondary N) is 1. The van der Waals surface area contributed by atoms with Crippen molar-refractivity contribution in [2.24, 2.45) is 5.41 Å². The summed E-state index contributed by atoms with van der Waals surface area (Å²) >= 11 is 0. The van der Waals surface area contributed by atoms with Gasteiger partial charge in [-0.1, -0.05) is 0 Å². The molecular formula is C29H25F3N6O6. The molecule has 228 valence electrons. The number of ether oxygens (including phenoxy) is 1. The Hall–Kier alpha value is -5.02. The van der Waals surface area contributed by atoms with Crippen molar-refractivity contribution in [3.8, 4) is 17.0 Å². The standard InChI is InChI=1S/C29H25F3N6O6/c1-2-44-18-9-13(26(41)36-19-10-14(5-6-34-19)29(30,31)32)3-4-15(18)21-22-24(33)35-7-8-38(22)25(37-21)20-16-11-28(23(16)40,27(42)43)12-17(20)39/h3-10,17,23,39-40H,2,11-12H2,1H3,(H2,33,35)(H,42,43)(H,34,36,41). The van der Waals surface area contributed by atoms with Crippen LogP contribution in [-0.2, 0) is 11.0 Å². The zero-order valence-corrected chi connectivity index (χ0v) is 23.0. The summed E-state index contributed by atoms with van der Waals surface area (Å²) < 4.78 is 46.7. The number of aliphatic hydroxyl groups excluding tert-OH is 2. The third-order valence-corrected chi connectivity index (χ3v) is 7.97. The fourth-order valence-corrected chi connectivity index (χ4v) is 5.84. The first-order valence-electron chi connectivity index (χ1n) is 13.4. The van der Waals surface area contributed by atoms with Crippen LogP contribution in [-0.4, -0.2) is 65.4 Å². The number of hydrogen-bond donors (Lipinski definition) is 5. The fraction of sp³-hybridized carbons (Fsp3) is 0.276. The van der Waals surface area contributed by atoms with E-state index in [1.165, 1.54) is 24.4 Å². The molecule has 15 heteroatoms. The first-order valence-corrected chi connectivity index (χ1v) is 13.4. The molecule has 2 bridgehead atoms. The predicted molar refractivity (Wildman–Crippen MR) is 149 cm³/mol. The SMILES string of the molecule is CCOc1cc(C(=O)Nc2cc(C(F)(F)F)ccn2)ccc1-c1nc(C2=C3CC(C(=O)O)(CC2O)C3O)n2ccnc(N)c12. The molecule has 3 heterocycles. The Labute approximate surface area is 246 Å². The van der Waals surface area contributed by atoms with Gasteiger partial charge in [-0.3, -0.25) is 14.0 Å². The van der Waals surface area contributed by atoms with Gasteiger partial charge in [0.1, 0.15) is 39.8 Å². The number of aliphatic hydroxyl groups is 2. The Morgan fingerprint density at radius 3 is 2.64 bits per heavy atom. The van der Waals surface area contributed by atoms with Gasteiger partial charge in [-0.25, -0.2) is 15.0 Å². The van der Waals surface area contributed by atoms with Gasteiger partial charge in [0.2, 0.25) is 0 Å². The summed E-state index contributed by atoms with van der Waals surface area (Å²) in [6.45, 7) is 1.89. The number of aromatic nitrogens is 4. The fourth-order valence-electron chi connectivity index (χ4n) is 5.84. The van der Waals surface area contributed by atoms with E-state index in [1.807, 2.05) is 0 Å². The number of carboxylic acid groups (broad SMARTS) is 1. The van der Waals surface area contributed by atoms with Crippen LogP contribution in [0, 0.1) is 5.41 Å². The number of fused-ring (bicyclic) bond motifs is 3. The molecule has 0 aliphatic heterocycles. The topological polar surface area (TPSA) is 185 Å². The molecular weight excluding hydrogens is 585 g/mol. The second-order valence-corrected chi connectivity index (χ2v) is 10.5. The number of anilines is 2. The maximum atomic E-state index is 13.1. The Morgan fingerprint density at radius 1 is 1.18 bits per heavy atom. The molecule has 3 aliphatic rings. The van der Waals surface area contributed by atoms with E-state index in [2.05, 4.69) is 15.3 Å². The van der Waals surface area contributed by atoms with Crippen LogP contribution in [0.3, 0.4) is 0 Å². The summed E-state index contributed by atoms with van der Waals surface area (Å²) in [4.78, 5) is 37.6.